The second-order valence-corrected chi connectivity index (χ2v) is 11.1. The molecule has 1 heterocycles. The lowest BCUT2D eigenvalue weighted by Crippen LogP contribution is -2.61. The summed E-state index contributed by atoms with van der Waals surface area (Å²) in [5.74, 6) is 1.73. The number of benzene rings is 1. The molecule has 0 aromatic heterocycles. The molecule has 1 aliphatic heterocycles. The van der Waals surface area contributed by atoms with Gasteiger partial charge in [0.05, 0.1) is 10.3 Å². The van der Waals surface area contributed by atoms with Crippen LogP contribution in [0.2, 0.25) is 0 Å². The lowest BCUT2D eigenvalue weighted by molar-refractivity contribution is -0.384. The summed E-state index contributed by atoms with van der Waals surface area (Å²) in [4.78, 5) is 28.7. The summed E-state index contributed by atoms with van der Waals surface area (Å²) in [5.41, 5.74) is 0.632. The van der Waals surface area contributed by atoms with E-state index in [1.807, 2.05) is 21.9 Å². The molecule has 0 spiro atoms. The Morgan fingerprint density at radius 2 is 1.71 bits per heavy atom. The van der Waals surface area contributed by atoms with Crippen LogP contribution in [-0.2, 0) is 4.79 Å². The molecule has 1 saturated heterocycles. The molecule has 1 aromatic carbocycles. The standard InChI is InChI=1S/C21H26BrN3O3/c22-21-12-15-9-16(13-21)11-20(10-15,14-21)19(26)24-7-5-23(6-8-24)17-3-1-2-4-18(17)25(27)28/h1-4,15-16H,5-14H2. The summed E-state index contributed by atoms with van der Waals surface area (Å²) in [6, 6.07) is 6.90. The molecule has 4 aliphatic carbocycles. The fourth-order valence-corrected chi connectivity index (χ4v) is 8.23. The van der Waals surface area contributed by atoms with E-state index in [1.54, 1.807) is 12.1 Å². The first-order valence-corrected chi connectivity index (χ1v) is 11.1. The first kappa shape index (κ1) is 18.4. The number of carbonyl (C=O) groups is 1. The van der Waals surface area contributed by atoms with Crippen LogP contribution in [0.5, 0.6) is 0 Å². The summed E-state index contributed by atoms with van der Waals surface area (Å²) in [6.07, 6.45) is 6.85. The van der Waals surface area contributed by atoms with Crippen LogP contribution < -0.4 is 4.90 Å². The summed E-state index contributed by atoms with van der Waals surface area (Å²) in [6.45, 7) is 2.60. The molecule has 1 amide bonds. The number of hydrogen-bond acceptors (Lipinski definition) is 4. The number of hydrogen-bond donors (Lipinski definition) is 0. The van der Waals surface area contributed by atoms with Gasteiger partial charge in [0.15, 0.2) is 0 Å². The van der Waals surface area contributed by atoms with Gasteiger partial charge in [0.25, 0.3) is 5.69 Å². The van der Waals surface area contributed by atoms with Crippen LogP contribution in [0.15, 0.2) is 24.3 Å². The molecular weight excluding hydrogens is 422 g/mol. The van der Waals surface area contributed by atoms with Crippen molar-refractivity contribution in [1.29, 1.82) is 0 Å². The predicted molar refractivity (Wildman–Crippen MR) is 111 cm³/mol. The van der Waals surface area contributed by atoms with Crippen molar-refractivity contribution in [1.82, 2.24) is 4.90 Å². The fraction of sp³-hybridized carbons (Fsp3) is 0.667. The predicted octanol–water partition coefficient (Wildman–Crippen LogP) is 3.98. The van der Waals surface area contributed by atoms with Gasteiger partial charge >= 0.3 is 0 Å². The van der Waals surface area contributed by atoms with Crippen molar-refractivity contribution in [3.63, 3.8) is 0 Å². The quantitative estimate of drug-likeness (QED) is 0.399. The number of para-hydroxylation sites is 2. The zero-order chi connectivity index (χ0) is 19.5. The molecule has 0 N–H and O–H groups in total. The van der Waals surface area contributed by atoms with E-state index in [1.165, 1.54) is 19.3 Å². The average Bonchev–Trinajstić information content (AvgIpc) is 2.65. The lowest BCUT2D eigenvalue weighted by Gasteiger charge is -2.60. The molecule has 2 atom stereocenters. The van der Waals surface area contributed by atoms with Crippen LogP contribution in [0.3, 0.4) is 0 Å². The lowest BCUT2D eigenvalue weighted by atomic mass is 9.49. The number of anilines is 1. The summed E-state index contributed by atoms with van der Waals surface area (Å²) in [5, 5.41) is 11.3. The number of halogens is 1. The third-order valence-corrected chi connectivity index (χ3v) is 8.36. The van der Waals surface area contributed by atoms with Crippen LogP contribution in [0, 0.1) is 27.4 Å². The minimum absolute atomic E-state index is 0.143. The van der Waals surface area contributed by atoms with Gasteiger partial charge in [-0.25, -0.2) is 0 Å². The van der Waals surface area contributed by atoms with Crippen molar-refractivity contribution in [3.8, 4) is 0 Å². The average molecular weight is 448 g/mol. The summed E-state index contributed by atoms with van der Waals surface area (Å²) in [7, 11) is 0. The van der Waals surface area contributed by atoms with E-state index in [0.717, 1.165) is 19.3 Å². The molecule has 4 saturated carbocycles. The van der Waals surface area contributed by atoms with Gasteiger partial charge in [-0.05, 0) is 56.4 Å². The van der Waals surface area contributed by atoms with Crippen molar-refractivity contribution in [2.75, 3.05) is 31.1 Å². The number of amides is 1. The third kappa shape index (κ3) is 2.93. The zero-order valence-corrected chi connectivity index (χ0v) is 17.6. The number of nitro benzene ring substituents is 1. The van der Waals surface area contributed by atoms with Gasteiger partial charge in [0, 0.05) is 36.6 Å². The zero-order valence-electron chi connectivity index (χ0n) is 16.0. The van der Waals surface area contributed by atoms with Gasteiger partial charge in [-0.3, -0.25) is 14.9 Å². The van der Waals surface area contributed by atoms with E-state index in [2.05, 4.69) is 15.9 Å². The Labute approximate surface area is 173 Å². The van der Waals surface area contributed by atoms with Crippen molar-refractivity contribution >= 4 is 33.2 Å². The van der Waals surface area contributed by atoms with Crippen LogP contribution in [0.1, 0.15) is 38.5 Å². The molecule has 2 unspecified atom stereocenters. The number of nitrogens with zero attached hydrogens (tertiary/aromatic N) is 3. The Kier molecular flexibility index (Phi) is 4.23. The van der Waals surface area contributed by atoms with E-state index in [0.29, 0.717) is 49.6 Å². The monoisotopic (exact) mass is 447 g/mol. The van der Waals surface area contributed by atoms with Gasteiger partial charge in [-0.15, -0.1) is 0 Å². The van der Waals surface area contributed by atoms with E-state index < -0.39 is 0 Å². The highest BCUT2D eigenvalue weighted by atomic mass is 79.9. The normalized spacial score (nSPS) is 36.6. The molecule has 1 aromatic rings. The highest BCUT2D eigenvalue weighted by Gasteiger charge is 2.60. The second-order valence-electron chi connectivity index (χ2n) is 9.42. The van der Waals surface area contributed by atoms with Crippen molar-refractivity contribution in [3.05, 3.63) is 34.4 Å². The Morgan fingerprint density at radius 1 is 1.07 bits per heavy atom. The molecular formula is C21H26BrN3O3. The smallest absolute Gasteiger partial charge is 0.292 e. The van der Waals surface area contributed by atoms with E-state index >= 15 is 0 Å². The maximum Gasteiger partial charge on any atom is 0.292 e. The van der Waals surface area contributed by atoms with Crippen molar-refractivity contribution in [2.45, 2.75) is 42.8 Å². The number of piperazine rings is 1. The minimum atomic E-state index is -0.322. The van der Waals surface area contributed by atoms with Crippen LogP contribution >= 0.6 is 15.9 Å². The Hall–Kier alpha value is -1.63. The molecule has 6 nitrogen and oxygen atoms in total. The van der Waals surface area contributed by atoms with Crippen LogP contribution in [0.4, 0.5) is 11.4 Å². The number of alkyl halides is 1. The molecule has 150 valence electrons. The van der Waals surface area contributed by atoms with Crippen molar-refractivity contribution < 1.29 is 9.72 Å². The van der Waals surface area contributed by atoms with Crippen LogP contribution in [-0.4, -0.2) is 46.2 Å². The van der Waals surface area contributed by atoms with Gasteiger partial charge in [-0.2, -0.15) is 0 Å². The number of carbonyl (C=O) groups excluding carboxylic acids is 1. The first-order chi connectivity index (χ1) is 13.4. The third-order valence-electron chi connectivity index (χ3n) is 7.43. The molecule has 5 aliphatic rings. The van der Waals surface area contributed by atoms with E-state index in [9.17, 15) is 14.9 Å². The maximum atomic E-state index is 13.6. The van der Waals surface area contributed by atoms with E-state index in [4.69, 9.17) is 0 Å². The molecule has 0 radical (unpaired) electrons. The molecule has 5 fully saturated rings. The van der Waals surface area contributed by atoms with Crippen LogP contribution in [0.25, 0.3) is 0 Å². The Balaban J connectivity index is 1.30. The highest BCUT2D eigenvalue weighted by molar-refractivity contribution is 9.10. The minimum Gasteiger partial charge on any atom is -0.362 e. The Morgan fingerprint density at radius 3 is 2.32 bits per heavy atom. The molecule has 4 bridgehead atoms. The van der Waals surface area contributed by atoms with Crippen molar-refractivity contribution in [2.24, 2.45) is 17.3 Å². The Bertz CT molecular complexity index is 807. The molecule has 6 rings (SSSR count). The first-order valence-electron chi connectivity index (χ1n) is 10.3. The molecule has 7 heteroatoms. The van der Waals surface area contributed by atoms with Gasteiger partial charge < -0.3 is 9.80 Å². The topological polar surface area (TPSA) is 66.7 Å². The SMILES string of the molecule is O=C(N1CCN(c2ccccc2[N+](=O)[O-])CC1)C12CC3CC(CC(Br)(C3)C1)C2. The molecule has 28 heavy (non-hydrogen) atoms. The highest BCUT2D eigenvalue weighted by Crippen LogP contribution is 2.64. The van der Waals surface area contributed by atoms with Gasteiger partial charge in [-0.1, -0.05) is 28.1 Å². The van der Waals surface area contributed by atoms with Gasteiger partial charge in [0.1, 0.15) is 5.69 Å². The summed E-state index contributed by atoms with van der Waals surface area (Å²) >= 11 is 4.00. The fourth-order valence-electron chi connectivity index (χ4n) is 6.77. The van der Waals surface area contributed by atoms with Gasteiger partial charge in [0.2, 0.25) is 5.91 Å². The van der Waals surface area contributed by atoms with E-state index in [-0.39, 0.29) is 20.3 Å². The summed E-state index contributed by atoms with van der Waals surface area (Å²) < 4.78 is 0.180. The largest absolute Gasteiger partial charge is 0.362 e. The number of rotatable bonds is 3. The number of nitro groups is 1. The maximum absolute atomic E-state index is 13.6. The second kappa shape index (κ2) is 6.44.